The Labute approximate surface area is 127 Å². The van der Waals surface area contributed by atoms with E-state index in [-0.39, 0.29) is 17.9 Å². The van der Waals surface area contributed by atoms with E-state index in [0.717, 1.165) is 31.8 Å². The number of rotatable bonds is 4. The first kappa shape index (κ1) is 16.2. The first-order valence-corrected chi connectivity index (χ1v) is 8.06. The lowest BCUT2D eigenvalue weighted by Crippen LogP contribution is -2.59. The molecule has 0 radical (unpaired) electrons. The topological polar surface area (TPSA) is 73.5 Å². The largest absolute Gasteiger partial charge is 0.358 e. The van der Waals surface area contributed by atoms with Gasteiger partial charge in [0.25, 0.3) is 0 Å². The van der Waals surface area contributed by atoms with Gasteiger partial charge in [-0.05, 0) is 31.6 Å². The van der Waals surface area contributed by atoms with Gasteiger partial charge in [0.15, 0.2) is 0 Å². The number of carbonyl (C=O) groups is 2. The van der Waals surface area contributed by atoms with E-state index in [4.69, 9.17) is 0 Å². The second-order valence-electron chi connectivity index (χ2n) is 6.33. The molecule has 0 aromatic carbocycles. The fourth-order valence-corrected chi connectivity index (χ4v) is 3.22. The van der Waals surface area contributed by atoms with Crippen LogP contribution < -0.4 is 16.0 Å². The fourth-order valence-electron chi connectivity index (χ4n) is 3.22. The summed E-state index contributed by atoms with van der Waals surface area (Å²) >= 11 is 0. The van der Waals surface area contributed by atoms with E-state index < -0.39 is 0 Å². The van der Waals surface area contributed by atoms with Crippen LogP contribution >= 0.6 is 0 Å². The third-order valence-electron chi connectivity index (χ3n) is 4.63. The highest BCUT2D eigenvalue weighted by Crippen LogP contribution is 2.23. The summed E-state index contributed by atoms with van der Waals surface area (Å²) in [5, 5.41) is 9.01. The van der Waals surface area contributed by atoms with Gasteiger partial charge in [0.05, 0.1) is 6.54 Å². The van der Waals surface area contributed by atoms with Crippen LogP contribution in [-0.4, -0.2) is 62.0 Å². The van der Waals surface area contributed by atoms with Crippen molar-refractivity contribution >= 4 is 11.8 Å². The second-order valence-corrected chi connectivity index (χ2v) is 6.33. The van der Waals surface area contributed by atoms with E-state index in [0.29, 0.717) is 19.1 Å². The van der Waals surface area contributed by atoms with Gasteiger partial charge in [0.2, 0.25) is 11.8 Å². The van der Waals surface area contributed by atoms with Gasteiger partial charge in [0.1, 0.15) is 6.04 Å². The number of nitrogens with zero attached hydrogens (tertiary/aromatic N) is 1. The average molecular weight is 296 g/mol. The third-order valence-corrected chi connectivity index (χ3v) is 4.63. The highest BCUT2D eigenvalue weighted by Gasteiger charge is 2.30. The molecule has 120 valence electrons. The van der Waals surface area contributed by atoms with Crippen LogP contribution in [0.5, 0.6) is 0 Å². The molecule has 1 aliphatic carbocycles. The third kappa shape index (κ3) is 4.68. The molecule has 2 rings (SSSR count). The average Bonchev–Trinajstić information content (AvgIpc) is 2.49. The fraction of sp³-hybridized carbons (Fsp3) is 0.867. The number of hydrogen-bond acceptors (Lipinski definition) is 4. The Balaban J connectivity index is 1.81. The van der Waals surface area contributed by atoms with Gasteiger partial charge in [-0.25, -0.2) is 0 Å². The highest BCUT2D eigenvalue weighted by atomic mass is 16.2. The van der Waals surface area contributed by atoms with Crippen LogP contribution in [-0.2, 0) is 9.59 Å². The van der Waals surface area contributed by atoms with Gasteiger partial charge in [-0.15, -0.1) is 0 Å². The summed E-state index contributed by atoms with van der Waals surface area (Å²) < 4.78 is 0. The van der Waals surface area contributed by atoms with Crippen LogP contribution in [0.4, 0.5) is 0 Å². The molecule has 1 unspecified atom stereocenters. The maximum atomic E-state index is 12.2. The number of hydrogen-bond donors (Lipinski definition) is 3. The van der Waals surface area contributed by atoms with E-state index in [1.807, 2.05) is 4.90 Å². The Bertz CT molecular complexity index is 367. The highest BCUT2D eigenvalue weighted by molar-refractivity contribution is 5.84. The van der Waals surface area contributed by atoms with Crippen molar-refractivity contribution in [3.05, 3.63) is 0 Å². The molecule has 1 atom stereocenters. The Morgan fingerprint density at radius 2 is 1.95 bits per heavy atom. The van der Waals surface area contributed by atoms with Crippen molar-refractivity contribution in [2.24, 2.45) is 5.92 Å². The van der Waals surface area contributed by atoms with Gasteiger partial charge in [-0.2, -0.15) is 0 Å². The first-order chi connectivity index (χ1) is 10.1. The quantitative estimate of drug-likeness (QED) is 0.666. The molecule has 3 N–H and O–H groups in total. The molecule has 0 spiro atoms. The van der Waals surface area contributed by atoms with Crippen molar-refractivity contribution in [2.45, 2.75) is 44.7 Å². The molecule has 2 aliphatic rings. The van der Waals surface area contributed by atoms with Crippen LogP contribution in [0.3, 0.4) is 0 Å². The molecular weight excluding hydrogens is 268 g/mol. The lowest BCUT2D eigenvalue weighted by Gasteiger charge is -2.35. The molecule has 1 aliphatic heterocycles. The van der Waals surface area contributed by atoms with Crippen LogP contribution in [0.25, 0.3) is 0 Å². The van der Waals surface area contributed by atoms with Crippen LogP contribution in [0.15, 0.2) is 0 Å². The van der Waals surface area contributed by atoms with Crippen LogP contribution in [0, 0.1) is 5.92 Å². The molecule has 0 aromatic rings. The molecule has 2 amide bonds. The molecule has 6 heteroatoms. The molecule has 21 heavy (non-hydrogen) atoms. The van der Waals surface area contributed by atoms with E-state index >= 15 is 0 Å². The Morgan fingerprint density at radius 1 is 1.24 bits per heavy atom. The lowest BCUT2D eigenvalue weighted by molar-refractivity contribution is -0.129. The SMILES string of the molecule is CNC(=O)C1CNCCN1CC(=O)NC1CCC(C)CC1. The molecule has 6 nitrogen and oxygen atoms in total. The monoisotopic (exact) mass is 296 g/mol. The second kappa shape index (κ2) is 7.75. The minimum atomic E-state index is -0.249. The van der Waals surface area contributed by atoms with Crippen molar-refractivity contribution in [1.82, 2.24) is 20.9 Å². The predicted molar refractivity (Wildman–Crippen MR) is 81.9 cm³/mol. The summed E-state index contributed by atoms with van der Waals surface area (Å²) in [4.78, 5) is 26.0. The van der Waals surface area contributed by atoms with Crippen molar-refractivity contribution in [3.63, 3.8) is 0 Å². The summed E-state index contributed by atoms with van der Waals surface area (Å²) in [6, 6.07) is 0.0657. The molecule has 0 bridgehead atoms. The Kier molecular flexibility index (Phi) is 5.99. The standard InChI is InChI=1S/C15H28N4O2/c1-11-3-5-12(6-4-11)18-14(20)10-19-8-7-17-9-13(19)15(21)16-2/h11-13,17H,3-10H2,1-2H3,(H,16,21)(H,18,20). The predicted octanol–water partition coefficient (Wildman–Crippen LogP) is -0.299. The molecule has 1 saturated heterocycles. The molecule has 0 aromatic heterocycles. The molecule has 1 saturated carbocycles. The molecular formula is C15H28N4O2. The van der Waals surface area contributed by atoms with E-state index in [2.05, 4.69) is 22.9 Å². The molecule has 1 heterocycles. The van der Waals surface area contributed by atoms with Crippen LogP contribution in [0.1, 0.15) is 32.6 Å². The van der Waals surface area contributed by atoms with E-state index in [1.165, 1.54) is 12.8 Å². The summed E-state index contributed by atoms with van der Waals surface area (Å²) in [5.74, 6) is 0.802. The van der Waals surface area contributed by atoms with Crippen molar-refractivity contribution < 1.29 is 9.59 Å². The van der Waals surface area contributed by atoms with Crippen molar-refractivity contribution in [3.8, 4) is 0 Å². The minimum absolute atomic E-state index is 0.0264. The minimum Gasteiger partial charge on any atom is -0.358 e. The summed E-state index contributed by atoms with van der Waals surface area (Å²) in [7, 11) is 1.64. The number of amides is 2. The van der Waals surface area contributed by atoms with Crippen LogP contribution in [0.2, 0.25) is 0 Å². The van der Waals surface area contributed by atoms with Gasteiger partial charge in [0, 0.05) is 32.7 Å². The summed E-state index contributed by atoms with van der Waals surface area (Å²) in [6.45, 7) is 4.74. The van der Waals surface area contributed by atoms with Gasteiger partial charge >= 0.3 is 0 Å². The number of carbonyl (C=O) groups excluding carboxylic acids is 2. The Hall–Kier alpha value is -1.14. The zero-order valence-electron chi connectivity index (χ0n) is 13.2. The summed E-state index contributed by atoms with van der Waals surface area (Å²) in [6.07, 6.45) is 4.54. The van der Waals surface area contributed by atoms with Crippen molar-refractivity contribution in [2.75, 3.05) is 33.2 Å². The van der Waals surface area contributed by atoms with Crippen molar-refractivity contribution in [1.29, 1.82) is 0 Å². The van der Waals surface area contributed by atoms with Gasteiger partial charge in [-0.1, -0.05) is 6.92 Å². The number of likely N-dealkylation sites (N-methyl/N-ethyl adjacent to an activating group) is 1. The first-order valence-electron chi connectivity index (χ1n) is 8.06. The lowest BCUT2D eigenvalue weighted by atomic mass is 9.87. The van der Waals surface area contributed by atoms with Gasteiger partial charge in [-0.3, -0.25) is 14.5 Å². The smallest absolute Gasteiger partial charge is 0.238 e. The Morgan fingerprint density at radius 3 is 2.62 bits per heavy atom. The maximum absolute atomic E-state index is 12.2. The normalized spacial score (nSPS) is 30.7. The zero-order chi connectivity index (χ0) is 15.2. The van der Waals surface area contributed by atoms with E-state index in [1.54, 1.807) is 7.05 Å². The number of nitrogens with one attached hydrogen (secondary N) is 3. The zero-order valence-corrected chi connectivity index (χ0v) is 13.2. The summed E-state index contributed by atoms with van der Waals surface area (Å²) in [5.41, 5.74) is 0. The van der Waals surface area contributed by atoms with Gasteiger partial charge < -0.3 is 16.0 Å². The molecule has 2 fully saturated rings. The van der Waals surface area contributed by atoms with E-state index in [9.17, 15) is 9.59 Å². The maximum Gasteiger partial charge on any atom is 0.238 e. The number of piperazine rings is 1.